The molecule has 2 saturated carbocycles. The summed E-state index contributed by atoms with van der Waals surface area (Å²) in [4.78, 5) is 22.5. The predicted octanol–water partition coefficient (Wildman–Crippen LogP) is 4.16. The largest absolute Gasteiger partial charge is 0.355 e. The molecule has 0 spiro atoms. The Bertz CT molecular complexity index is 1940. The lowest BCUT2D eigenvalue weighted by Crippen LogP contribution is -2.35. The Morgan fingerprint density at radius 2 is 2.00 bits per heavy atom. The van der Waals surface area contributed by atoms with E-state index in [1.807, 2.05) is 6.92 Å². The molecule has 0 aliphatic heterocycles. The summed E-state index contributed by atoms with van der Waals surface area (Å²) in [5, 5.41) is 31.1. The van der Waals surface area contributed by atoms with Crippen LogP contribution in [0.25, 0.3) is 17.6 Å². The average Bonchev–Trinajstić information content (AvgIpc) is 3.81. The fourth-order valence-corrected chi connectivity index (χ4v) is 5.90. The topological polar surface area (TPSA) is 136 Å². The number of benzene rings is 1. The number of hydrogen-bond acceptors (Lipinski definition) is 8. The van der Waals surface area contributed by atoms with Crippen molar-refractivity contribution in [2.75, 3.05) is 0 Å². The van der Waals surface area contributed by atoms with Crippen LogP contribution in [0.1, 0.15) is 67.1 Å². The van der Waals surface area contributed by atoms with Gasteiger partial charge in [0.15, 0.2) is 19.5 Å². The quantitative estimate of drug-likeness (QED) is 0.161. The maximum Gasteiger partial charge on any atom is 0.273 e. The number of halogens is 3. The molecule has 2 fully saturated rings. The number of hydrogen-bond donors (Lipinski definition) is 2. The third-order valence-corrected chi connectivity index (χ3v) is 8.45. The smallest absolute Gasteiger partial charge is 0.273 e. The van der Waals surface area contributed by atoms with Crippen molar-refractivity contribution in [1.29, 1.82) is 0 Å². The van der Waals surface area contributed by atoms with E-state index in [9.17, 15) is 15.0 Å². The van der Waals surface area contributed by atoms with E-state index in [1.54, 1.807) is 42.8 Å². The molecule has 0 amide bonds. The Morgan fingerprint density at radius 3 is 2.67 bits per heavy atom. The van der Waals surface area contributed by atoms with Crippen LogP contribution in [0.4, 0.5) is 8.78 Å². The molecule has 45 heavy (non-hydrogen) atoms. The zero-order chi connectivity index (χ0) is 32.2. The third kappa shape index (κ3) is 5.69. The lowest BCUT2D eigenvalue weighted by molar-refractivity contribution is -0.169. The van der Waals surface area contributed by atoms with Gasteiger partial charge in [-0.2, -0.15) is 15.3 Å². The van der Waals surface area contributed by atoms with Crippen LogP contribution in [-0.4, -0.2) is 58.1 Å². The van der Waals surface area contributed by atoms with Crippen LogP contribution in [0.15, 0.2) is 64.7 Å². The van der Waals surface area contributed by atoms with Crippen LogP contribution in [0.2, 0.25) is 5.02 Å². The number of aliphatic imine (C=N–C) groups is 1. The highest BCUT2D eigenvalue weighted by Gasteiger charge is 2.51. The summed E-state index contributed by atoms with van der Waals surface area (Å²) < 4.78 is 34.8. The van der Waals surface area contributed by atoms with E-state index in [0.717, 1.165) is 23.6 Å². The van der Waals surface area contributed by atoms with Crippen LogP contribution in [0.3, 0.4) is 0 Å². The van der Waals surface area contributed by atoms with E-state index < -0.39 is 23.0 Å². The highest BCUT2D eigenvalue weighted by Crippen LogP contribution is 2.60. The van der Waals surface area contributed by atoms with Crippen LogP contribution >= 0.6 is 11.6 Å². The van der Waals surface area contributed by atoms with Gasteiger partial charge in [-0.05, 0) is 62.3 Å². The lowest BCUT2D eigenvalue weighted by atomic mass is 10.0. The molecule has 15 heteroatoms. The highest BCUT2D eigenvalue weighted by molar-refractivity contribution is 6.31. The van der Waals surface area contributed by atoms with Gasteiger partial charge in [-0.15, -0.1) is 4.80 Å². The van der Waals surface area contributed by atoms with Gasteiger partial charge in [-0.3, -0.25) is 14.4 Å². The van der Waals surface area contributed by atoms with E-state index in [0.29, 0.717) is 27.6 Å². The Kier molecular flexibility index (Phi) is 7.92. The van der Waals surface area contributed by atoms with Crippen molar-refractivity contribution in [2.24, 2.45) is 10.9 Å². The molecule has 3 atom stereocenters. The van der Waals surface area contributed by atoms with Gasteiger partial charge in [0.2, 0.25) is 5.81 Å². The molecule has 0 saturated heterocycles. The summed E-state index contributed by atoms with van der Waals surface area (Å²) in [7, 11) is 5.24. The molecule has 0 bridgehead atoms. The minimum Gasteiger partial charge on any atom is -0.355 e. The Hall–Kier alpha value is -4.27. The summed E-state index contributed by atoms with van der Waals surface area (Å²) in [6.07, 6.45) is 8.41. The highest BCUT2D eigenvalue weighted by atomic mass is 35.5. The molecule has 2 N–H and O–H groups in total. The summed E-state index contributed by atoms with van der Waals surface area (Å²) >= 11 is 6.57. The van der Waals surface area contributed by atoms with Crippen molar-refractivity contribution in [3.63, 3.8) is 0 Å². The van der Waals surface area contributed by atoms with E-state index in [-0.39, 0.29) is 45.7 Å². The predicted molar refractivity (Wildman–Crippen MR) is 164 cm³/mol. The van der Waals surface area contributed by atoms with Gasteiger partial charge in [0, 0.05) is 23.4 Å². The van der Waals surface area contributed by atoms with Crippen molar-refractivity contribution in [2.45, 2.75) is 57.3 Å². The first kappa shape index (κ1) is 30.7. The van der Waals surface area contributed by atoms with Crippen molar-refractivity contribution in [3.05, 3.63) is 98.6 Å². The number of aryl methyl sites for hydroxylation is 1. The minimum absolute atomic E-state index is 0.0142. The van der Waals surface area contributed by atoms with Gasteiger partial charge in [0.25, 0.3) is 5.56 Å². The standard InChI is InChI=1S/C30H28BClF2N8O3/c1-4-10-35-27(18-6-5-7-19(26(18)34)28-36-14-38-41(28)17-8-9-17)21(33)13-40-15(2)11-20(25(32)29(40)43)23-16(3)24(23)22-12-37-42(39-22)30(31,44)45/h4-7,10-14,16-17,23-24,44-45H,8-9H2,1-3H3/b10-4+,21-13-,35-27+/t16-,23?,24?/m0/s1. The number of aromatic nitrogens is 7. The first-order chi connectivity index (χ1) is 21.4. The second kappa shape index (κ2) is 11.6. The molecule has 2 aliphatic rings. The maximum absolute atomic E-state index is 16.1. The van der Waals surface area contributed by atoms with Crippen molar-refractivity contribution in [3.8, 4) is 11.4 Å². The van der Waals surface area contributed by atoms with E-state index in [1.165, 1.54) is 24.8 Å². The fraction of sp³-hybridized carbons (Fsp3) is 0.333. The lowest BCUT2D eigenvalue weighted by Gasteiger charge is -2.14. The van der Waals surface area contributed by atoms with Crippen molar-refractivity contribution < 1.29 is 19.0 Å². The first-order valence-corrected chi connectivity index (χ1v) is 14.6. The van der Waals surface area contributed by atoms with E-state index in [2.05, 4.69) is 25.3 Å². The molecule has 11 nitrogen and oxygen atoms in total. The van der Waals surface area contributed by atoms with Crippen molar-refractivity contribution >= 4 is 31.4 Å². The molecule has 2 unspecified atom stereocenters. The summed E-state index contributed by atoms with van der Waals surface area (Å²) in [5.41, 5.74) is 0.393. The number of pyridine rings is 1. The van der Waals surface area contributed by atoms with Gasteiger partial charge >= 0.3 is 0 Å². The third-order valence-electron chi connectivity index (χ3n) is 8.07. The van der Waals surface area contributed by atoms with Gasteiger partial charge in [0.1, 0.15) is 22.9 Å². The van der Waals surface area contributed by atoms with Gasteiger partial charge in [-0.1, -0.05) is 30.7 Å². The summed E-state index contributed by atoms with van der Waals surface area (Å²) in [6, 6.07) is 6.37. The van der Waals surface area contributed by atoms with Gasteiger partial charge in [-0.25, -0.2) is 18.4 Å². The number of aliphatic hydroxyl groups is 2. The Balaban J connectivity index is 1.35. The van der Waals surface area contributed by atoms with Crippen molar-refractivity contribution in [1.82, 2.24) is 34.3 Å². The Morgan fingerprint density at radius 1 is 1.24 bits per heavy atom. The molecule has 6 rings (SSSR count). The molecule has 3 aromatic heterocycles. The maximum atomic E-state index is 16.1. The first-order valence-electron chi connectivity index (χ1n) is 14.3. The Labute approximate surface area is 262 Å². The summed E-state index contributed by atoms with van der Waals surface area (Å²) in [5.74, 6) is -4.58. The molecule has 4 aromatic rings. The number of rotatable bonds is 9. The summed E-state index contributed by atoms with van der Waals surface area (Å²) in [6.45, 7) is 5.24. The fourth-order valence-electron chi connectivity index (χ4n) is 5.63. The number of allylic oxidation sites excluding steroid dienone is 2. The average molecular weight is 633 g/mol. The second-order valence-corrected chi connectivity index (χ2v) is 11.6. The van der Waals surface area contributed by atoms with E-state index in [4.69, 9.17) is 19.4 Å². The molecular weight excluding hydrogens is 605 g/mol. The van der Waals surface area contributed by atoms with Crippen LogP contribution in [0.5, 0.6) is 0 Å². The van der Waals surface area contributed by atoms with Crippen LogP contribution in [0, 0.1) is 18.7 Å². The van der Waals surface area contributed by atoms with Crippen LogP contribution < -0.4 is 5.56 Å². The van der Waals surface area contributed by atoms with Gasteiger partial charge in [0.05, 0.1) is 29.7 Å². The number of nitrogens with zero attached hydrogens (tertiary/aromatic N) is 8. The monoisotopic (exact) mass is 632 g/mol. The molecule has 3 heterocycles. The van der Waals surface area contributed by atoms with E-state index >= 15 is 8.78 Å². The molecule has 230 valence electrons. The zero-order valence-corrected chi connectivity index (χ0v) is 25.3. The van der Waals surface area contributed by atoms with Gasteiger partial charge < -0.3 is 10.2 Å². The molecule has 2 aliphatic carbocycles. The molecule has 1 aromatic carbocycles. The molecule has 2 radical (unpaired) electrons. The zero-order valence-electron chi connectivity index (χ0n) is 24.5. The second-order valence-electron chi connectivity index (χ2n) is 11.3. The minimum atomic E-state index is -2.76. The molecular formula is C30H28BClF2N8O3. The normalized spacial score (nSPS) is 20.8. The van der Waals surface area contributed by atoms with Crippen LogP contribution in [-0.2, 0) is 5.81 Å². The SMILES string of the molecule is [B]C(O)(O)n1ncc(C2C(c3cc(C)n(/C=C(F)/C(=N/C=C/C)c4cccc(-c5ncnn5C5CC5)c4F)c(=O)c3Cl)[C@@H]2C)n1.